The van der Waals surface area contributed by atoms with Crippen molar-refractivity contribution in [3.63, 3.8) is 0 Å². The van der Waals surface area contributed by atoms with Crippen LogP contribution in [0.4, 0.5) is 0 Å². The molecule has 1 rings (SSSR count). The van der Waals surface area contributed by atoms with Gasteiger partial charge in [-0.05, 0) is 51.1 Å². The van der Waals surface area contributed by atoms with Gasteiger partial charge in [0.2, 0.25) is 0 Å². The Balaban J connectivity index is 2.62. The molecule has 1 aromatic rings. The minimum atomic E-state index is 0.426. The first-order valence-corrected chi connectivity index (χ1v) is 8.08. The molecule has 1 aromatic carbocycles. The zero-order chi connectivity index (χ0) is 14.3. The number of nitrogens with one attached hydrogen (secondary N) is 1. The minimum Gasteiger partial charge on any atom is -0.313 e. The van der Waals surface area contributed by atoms with Crippen LogP contribution in [-0.2, 0) is 0 Å². The molecule has 0 heterocycles. The van der Waals surface area contributed by atoms with Gasteiger partial charge in [-0.2, -0.15) is 0 Å². The molecule has 108 valence electrons. The first-order valence-electron chi connectivity index (χ1n) is 7.29. The molecule has 0 aromatic heterocycles. The lowest BCUT2D eigenvalue weighted by Crippen LogP contribution is -2.35. The fraction of sp³-hybridized carbons (Fsp3) is 0.625. The SMILES string of the molecule is CCC(C)N(CC)CCC(NC)c1cccc(Br)c1. The molecule has 0 aliphatic heterocycles. The normalized spacial score (nSPS) is 14.6. The van der Waals surface area contributed by atoms with Gasteiger partial charge in [0.15, 0.2) is 0 Å². The molecule has 2 atom stereocenters. The highest BCUT2D eigenvalue weighted by Crippen LogP contribution is 2.21. The van der Waals surface area contributed by atoms with Crippen LogP contribution < -0.4 is 5.32 Å². The summed E-state index contributed by atoms with van der Waals surface area (Å²) in [7, 11) is 2.05. The molecule has 0 aliphatic rings. The lowest BCUT2D eigenvalue weighted by Gasteiger charge is -2.29. The molecule has 0 saturated carbocycles. The fourth-order valence-electron chi connectivity index (χ4n) is 2.44. The van der Waals surface area contributed by atoms with E-state index in [1.807, 2.05) is 7.05 Å². The number of hydrogen-bond acceptors (Lipinski definition) is 2. The first-order chi connectivity index (χ1) is 9.12. The standard InChI is InChI=1S/C16H27BrN2/c1-5-13(3)19(6-2)11-10-16(18-4)14-8-7-9-15(17)12-14/h7-9,12-13,16,18H,5-6,10-11H2,1-4H3. The van der Waals surface area contributed by atoms with Gasteiger partial charge >= 0.3 is 0 Å². The van der Waals surface area contributed by atoms with Crippen LogP contribution in [0.1, 0.15) is 45.2 Å². The van der Waals surface area contributed by atoms with Crippen molar-refractivity contribution in [2.24, 2.45) is 0 Å². The maximum Gasteiger partial charge on any atom is 0.0330 e. The third kappa shape index (κ3) is 5.25. The van der Waals surface area contributed by atoms with E-state index < -0.39 is 0 Å². The predicted molar refractivity (Wildman–Crippen MR) is 87.6 cm³/mol. The highest BCUT2D eigenvalue weighted by atomic mass is 79.9. The van der Waals surface area contributed by atoms with E-state index in [1.165, 1.54) is 12.0 Å². The van der Waals surface area contributed by atoms with Crippen molar-refractivity contribution in [1.82, 2.24) is 10.2 Å². The molecule has 0 fully saturated rings. The number of hydrogen-bond donors (Lipinski definition) is 1. The van der Waals surface area contributed by atoms with Gasteiger partial charge in [-0.15, -0.1) is 0 Å². The molecule has 0 radical (unpaired) electrons. The summed E-state index contributed by atoms with van der Waals surface area (Å²) in [6.07, 6.45) is 2.36. The molecule has 0 bridgehead atoms. The van der Waals surface area contributed by atoms with E-state index in [2.05, 4.69) is 71.2 Å². The average Bonchev–Trinajstić information content (AvgIpc) is 2.43. The lowest BCUT2D eigenvalue weighted by molar-refractivity contribution is 0.204. The molecule has 1 N–H and O–H groups in total. The van der Waals surface area contributed by atoms with Gasteiger partial charge in [-0.25, -0.2) is 0 Å². The zero-order valence-corrected chi connectivity index (χ0v) is 14.2. The van der Waals surface area contributed by atoms with Crippen LogP contribution in [0.15, 0.2) is 28.7 Å². The molecule has 0 saturated heterocycles. The molecule has 0 spiro atoms. The van der Waals surface area contributed by atoms with E-state index in [4.69, 9.17) is 0 Å². The summed E-state index contributed by atoms with van der Waals surface area (Å²) in [6, 6.07) is 9.69. The summed E-state index contributed by atoms with van der Waals surface area (Å²) in [5.41, 5.74) is 1.36. The Bertz CT molecular complexity index is 368. The summed E-state index contributed by atoms with van der Waals surface area (Å²) in [6.45, 7) is 9.10. The molecule has 19 heavy (non-hydrogen) atoms. The third-order valence-electron chi connectivity index (χ3n) is 3.92. The molecule has 3 heteroatoms. The van der Waals surface area contributed by atoms with Crippen molar-refractivity contribution >= 4 is 15.9 Å². The Morgan fingerprint density at radius 1 is 1.32 bits per heavy atom. The highest BCUT2D eigenvalue weighted by Gasteiger charge is 2.14. The largest absolute Gasteiger partial charge is 0.313 e. The second-order valence-corrected chi connectivity index (χ2v) is 5.99. The van der Waals surface area contributed by atoms with Crippen molar-refractivity contribution in [1.29, 1.82) is 0 Å². The van der Waals surface area contributed by atoms with Crippen LogP contribution in [0.3, 0.4) is 0 Å². The Morgan fingerprint density at radius 3 is 2.58 bits per heavy atom. The molecule has 2 unspecified atom stereocenters. The second-order valence-electron chi connectivity index (χ2n) is 5.07. The van der Waals surface area contributed by atoms with Gasteiger partial charge < -0.3 is 10.2 Å². The Hall–Kier alpha value is -0.380. The van der Waals surface area contributed by atoms with Crippen LogP contribution in [0.2, 0.25) is 0 Å². The zero-order valence-electron chi connectivity index (χ0n) is 12.6. The van der Waals surface area contributed by atoms with E-state index in [-0.39, 0.29) is 0 Å². The molecule has 0 amide bonds. The van der Waals surface area contributed by atoms with Crippen molar-refractivity contribution < 1.29 is 0 Å². The van der Waals surface area contributed by atoms with E-state index >= 15 is 0 Å². The monoisotopic (exact) mass is 326 g/mol. The van der Waals surface area contributed by atoms with Crippen LogP contribution >= 0.6 is 15.9 Å². The van der Waals surface area contributed by atoms with Gasteiger partial charge in [-0.1, -0.05) is 41.9 Å². The maximum absolute atomic E-state index is 3.55. The van der Waals surface area contributed by atoms with E-state index in [1.54, 1.807) is 0 Å². The quantitative estimate of drug-likeness (QED) is 0.769. The van der Waals surface area contributed by atoms with E-state index in [0.29, 0.717) is 12.1 Å². The number of rotatable bonds is 8. The van der Waals surface area contributed by atoms with Crippen LogP contribution in [0.5, 0.6) is 0 Å². The summed E-state index contributed by atoms with van der Waals surface area (Å²) >= 11 is 3.55. The Kier molecular flexibility index (Phi) is 7.66. The number of benzene rings is 1. The molecule has 2 nitrogen and oxygen atoms in total. The summed E-state index contributed by atoms with van der Waals surface area (Å²) in [5.74, 6) is 0. The smallest absolute Gasteiger partial charge is 0.0330 e. The van der Waals surface area contributed by atoms with Crippen molar-refractivity contribution in [2.45, 2.75) is 45.7 Å². The van der Waals surface area contributed by atoms with Crippen LogP contribution in [0.25, 0.3) is 0 Å². The van der Waals surface area contributed by atoms with Crippen molar-refractivity contribution in [2.75, 3.05) is 20.1 Å². The first kappa shape index (κ1) is 16.7. The Labute approximate surface area is 126 Å². The van der Waals surface area contributed by atoms with Gasteiger partial charge in [-0.3, -0.25) is 0 Å². The summed E-state index contributed by atoms with van der Waals surface area (Å²) in [4.78, 5) is 2.56. The predicted octanol–water partition coefficient (Wildman–Crippen LogP) is 4.22. The number of halogens is 1. The molecular formula is C16H27BrN2. The average molecular weight is 327 g/mol. The lowest BCUT2D eigenvalue weighted by atomic mass is 10.0. The summed E-state index contributed by atoms with van der Waals surface area (Å²) < 4.78 is 1.15. The second kappa shape index (κ2) is 8.72. The van der Waals surface area contributed by atoms with Gasteiger partial charge in [0.25, 0.3) is 0 Å². The highest BCUT2D eigenvalue weighted by molar-refractivity contribution is 9.10. The topological polar surface area (TPSA) is 15.3 Å². The van der Waals surface area contributed by atoms with E-state index in [9.17, 15) is 0 Å². The fourth-order valence-corrected chi connectivity index (χ4v) is 2.86. The van der Waals surface area contributed by atoms with Crippen molar-refractivity contribution in [3.05, 3.63) is 34.3 Å². The van der Waals surface area contributed by atoms with Gasteiger partial charge in [0, 0.05) is 23.1 Å². The maximum atomic E-state index is 3.55. The van der Waals surface area contributed by atoms with Crippen LogP contribution in [-0.4, -0.2) is 31.1 Å². The molecular weight excluding hydrogens is 300 g/mol. The van der Waals surface area contributed by atoms with Gasteiger partial charge in [0.1, 0.15) is 0 Å². The van der Waals surface area contributed by atoms with Crippen LogP contribution in [0, 0.1) is 0 Å². The third-order valence-corrected chi connectivity index (χ3v) is 4.42. The van der Waals surface area contributed by atoms with Crippen molar-refractivity contribution in [3.8, 4) is 0 Å². The van der Waals surface area contributed by atoms with Gasteiger partial charge in [0.05, 0.1) is 0 Å². The minimum absolute atomic E-state index is 0.426. The Morgan fingerprint density at radius 2 is 2.05 bits per heavy atom. The molecule has 0 aliphatic carbocycles. The number of nitrogens with zero attached hydrogens (tertiary/aromatic N) is 1. The summed E-state index contributed by atoms with van der Waals surface area (Å²) in [5, 5.41) is 3.43. The van der Waals surface area contributed by atoms with E-state index in [0.717, 1.165) is 24.0 Å².